The van der Waals surface area contributed by atoms with Crippen LogP contribution >= 0.6 is 0 Å². The van der Waals surface area contributed by atoms with E-state index in [1.807, 2.05) is 31.2 Å². The van der Waals surface area contributed by atoms with Crippen molar-refractivity contribution < 1.29 is 4.79 Å². The third kappa shape index (κ3) is 1.99. The van der Waals surface area contributed by atoms with E-state index in [9.17, 15) is 9.59 Å². The fraction of sp³-hybridized carbons (Fsp3) is 0.312. The number of fused-ring (bicyclic) bond motifs is 3. The Morgan fingerprint density at radius 1 is 1.32 bits per heavy atom. The summed E-state index contributed by atoms with van der Waals surface area (Å²) in [4.78, 5) is 24.8. The quantitative estimate of drug-likeness (QED) is 0.798. The highest BCUT2D eigenvalue weighted by atomic mass is 16.2. The molecule has 22 heavy (non-hydrogen) atoms. The van der Waals surface area contributed by atoms with Gasteiger partial charge in [-0.2, -0.15) is 5.10 Å². The number of aryl methyl sites for hydroxylation is 1. The Morgan fingerprint density at radius 3 is 2.77 bits per heavy atom. The Kier molecular flexibility index (Phi) is 3.44. The molecule has 1 unspecified atom stereocenters. The third-order valence-electron chi connectivity index (χ3n) is 3.92. The van der Waals surface area contributed by atoms with E-state index in [-0.39, 0.29) is 11.5 Å². The minimum atomic E-state index is -0.475. The van der Waals surface area contributed by atoms with Gasteiger partial charge in [-0.05, 0) is 19.9 Å². The normalized spacial score (nSPS) is 12.7. The summed E-state index contributed by atoms with van der Waals surface area (Å²) >= 11 is 0. The van der Waals surface area contributed by atoms with E-state index in [0.717, 1.165) is 16.3 Å². The second-order valence-electron chi connectivity index (χ2n) is 5.29. The number of likely N-dealkylation sites (N-methyl/N-ethyl adjacent to an activating group) is 1. The molecule has 0 saturated carbocycles. The van der Waals surface area contributed by atoms with Gasteiger partial charge in [-0.25, -0.2) is 4.68 Å². The number of nitrogens with one attached hydrogen (secondary N) is 1. The predicted octanol–water partition coefficient (Wildman–Crippen LogP) is 1.59. The summed E-state index contributed by atoms with van der Waals surface area (Å²) in [7, 11) is 1.61. The predicted molar refractivity (Wildman–Crippen MR) is 85.9 cm³/mol. The first kappa shape index (κ1) is 14.3. The van der Waals surface area contributed by atoms with Crippen molar-refractivity contribution in [1.29, 1.82) is 0 Å². The Bertz CT molecular complexity index is 923. The smallest absolute Gasteiger partial charge is 0.291 e. The Morgan fingerprint density at radius 2 is 2.05 bits per heavy atom. The highest BCUT2D eigenvalue weighted by Crippen LogP contribution is 2.29. The zero-order valence-corrected chi connectivity index (χ0v) is 12.8. The van der Waals surface area contributed by atoms with Gasteiger partial charge in [0.15, 0.2) is 0 Å². The van der Waals surface area contributed by atoms with Gasteiger partial charge in [0.2, 0.25) is 5.91 Å². The zero-order chi connectivity index (χ0) is 15.9. The number of nitrogens with zero attached hydrogens (tertiary/aromatic N) is 3. The second kappa shape index (κ2) is 5.29. The summed E-state index contributed by atoms with van der Waals surface area (Å²) in [5.74, 6) is -0.107. The average Bonchev–Trinajstić information content (AvgIpc) is 2.85. The number of para-hydroxylation sites is 1. The van der Waals surface area contributed by atoms with Crippen LogP contribution < -0.4 is 10.9 Å². The summed E-state index contributed by atoms with van der Waals surface area (Å²) in [6.07, 6.45) is 1.68. The molecule has 2 aromatic heterocycles. The second-order valence-corrected chi connectivity index (χ2v) is 5.29. The molecule has 3 aromatic rings. The van der Waals surface area contributed by atoms with E-state index in [1.165, 1.54) is 4.68 Å². The lowest BCUT2D eigenvalue weighted by atomic mass is 10.2. The number of carbonyl (C=O) groups is 1. The molecule has 1 amide bonds. The number of hydrogen-bond donors (Lipinski definition) is 1. The Hall–Kier alpha value is -2.63. The van der Waals surface area contributed by atoms with Crippen molar-refractivity contribution >= 4 is 27.7 Å². The van der Waals surface area contributed by atoms with Crippen molar-refractivity contribution in [3.8, 4) is 0 Å². The van der Waals surface area contributed by atoms with Gasteiger partial charge in [0, 0.05) is 24.4 Å². The van der Waals surface area contributed by atoms with Gasteiger partial charge in [0.25, 0.3) is 5.56 Å². The number of amides is 1. The summed E-state index contributed by atoms with van der Waals surface area (Å²) in [5.41, 5.74) is 1.17. The largest absolute Gasteiger partial charge is 0.355 e. The first-order chi connectivity index (χ1) is 10.6. The maximum Gasteiger partial charge on any atom is 0.291 e. The van der Waals surface area contributed by atoms with E-state index in [2.05, 4.69) is 10.4 Å². The molecule has 0 aliphatic heterocycles. The van der Waals surface area contributed by atoms with Crippen LogP contribution in [0.3, 0.4) is 0 Å². The first-order valence-electron chi connectivity index (χ1n) is 7.29. The van der Waals surface area contributed by atoms with Gasteiger partial charge in [-0.15, -0.1) is 0 Å². The molecular weight excluding hydrogens is 280 g/mol. The summed E-state index contributed by atoms with van der Waals surface area (Å²) in [6, 6.07) is 7.21. The number of benzene rings is 1. The molecule has 0 aliphatic carbocycles. The lowest BCUT2D eigenvalue weighted by Gasteiger charge is -2.15. The van der Waals surface area contributed by atoms with Crippen LogP contribution in [0, 0.1) is 0 Å². The first-order valence-corrected chi connectivity index (χ1v) is 7.29. The number of hydrogen-bond acceptors (Lipinski definition) is 3. The minimum Gasteiger partial charge on any atom is -0.355 e. The van der Waals surface area contributed by atoms with Gasteiger partial charge in [-0.1, -0.05) is 18.2 Å². The molecule has 0 bridgehead atoms. The molecule has 0 spiro atoms. The highest BCUT2D eigenvalue weighted by molar-refractivity contribution is 6.08. The van der Waals surface area contributed by atoms with Crippen molar-refractivity contribution in [2.75, 3.05) is 6.54 Å². The molecule has 0 saturated heterocycles. The molecule has 2 heterocycles. The summed E-state index contributed by atoms with van der Waals surface area (Å²) in [5, 5.41) is 8.62. The average molecular weight is 298 g/mol. The summed E-state index contributed by atoms with van der Waals surface area (Å²) < 4.78 is 3.10. The van der Waals surface area contributed by atoms with Crippen molar-refractivity contribution in [3.05, 3.63) is 40.8 Å². The minimum absolute atomic E-state index is 0.107. The maximum atomic E-state index is 12.6. The number of aromatic nitrogens is 3. The molecule has 1 N–H and O–H groups in total. The lowest BCUT2D eigenvalue weighted by molar-refractivity contribution is -0.123. The molecule has 1 atom stereocenters. The molecule has 6 heteroatoms. The summed E-state index contributed by atoms with van der Waals surface area (Å²) in [6.45, 7) is 4.23. The molecule has 0 aliphatic rings. The van der Waals surface area contributed by atoms with Crippen LogP contribution in [0.25, 0.3) is 21.8 Å². The van der Waals surface area contributed by atoms with Crippen molar-refractivity contribution in [2.24, 2.45) is 7.05 Å². The van der Waals surface area contributed by atoms with Crippen molar-refractivity contribution in [3.63, 3.8) is 0 Å². The topological polar surface area (TPSA) is 68.9 Å². The monoisotopic (exact) mass is 298 g/mol. The van der Waals surface area contributed by atoms with Crippen LogP contribution in [0.5, 0.6) is 0 Å². The van der Waals surface area contributed by atoms with E-state index >= 15 is 0 Å². The fourth-order valence-electron chi connectivity index (χ4n) is 2.83. The van der Waals surface area contributed by atoms with Crippen molar-refractivity contribution in [1.82, 2.24) is 19.7 Å². The molecule has 1 aromatic carbocycles. The molecule has 6 nitrogen and oxygen atoms in total. The van der Waals surface area contributed by atoms with E-state index < -0.39 is 6.04 Å². The van der Waals surface area contributed by atoms with Crippen LogP contribution in [0.2, 0.25) is 0 Å². The van der Waals surface area contributed by atoms with E-state index in [1.54, 1.807) is 24.7 Å². The van der Waals surface area contributed by atoms with Gasteiger partial charge >= 0.3 is 0 Å². The van der Waals surface area contributed by atoms with Crippen LogP contribution in [0.1, 0.15) is 19.9 Å². The van der Waals surface area contributed by atoms with Gasteiger partial charge in [0.05, 0.1) is 11.7 Å². The standard InChI is InChI=1S/C16H18N4O2/c1-4-17-15(21)10(2)20-13-8-6-5-7-11(13)12-9-18-19(3)16(22)14(12)20/h5-10H,4H2,1-3H3,(H,17,21). The molecular formula is C16H18N4O2. The highest BCUT2D eigenvalue weighted by Gasteiger charge is 2.22. The Labute approximate surface area is 127 Å². The molecule has 3 rings (SSSR count). The molecule has 0 radical (unpaired) electrons. The Balaban J connectivity index is 2.42. The van der Waals surface area contributed by atoms with Gasteiger partial charge < -0.3 is 9.88 Å². The van der Waals surface area contributed by atoms with Crippen LogP contribution in [0.4, 0.5) is 0 Å². The number of rotatable bonds is 3. The van der Waals surface area contributed by atoms with E-state index in [4.69, 9.17) is 0 Å². The molecule has 114 valence electrons. The fourth-order valence-corrected chi connectivity index (χ4v) is 2.83. The van der Waals surface area contributed by atoms with Gasteiger partial charge in [0.1, 0.15) is 11.6 Å². The lowest BCUT2D eigenvalue weighted by Crippen LogP contribution is -2.32. The zero-order valence-electron chi connectivity index (χ0n) is 12.8. The van der Waals surface area contributed by atoms with Crippen LogP contribution in [-0.4, -0.2) is 26.8 Å². The molecule has 0 fully saturated rings. The van der Waals surface area contributed by atoms with E-state index in [0.29, 0.717) is 12.1 Å². The van der Waals surface area contributed by atoms with Gasteiger partial charge in [-0.3, -0.25) is 9.59 Å². The van der Waals surface area contributed by atoms with Crippen LogP contribution in [0.15, 0.2) is 35.3 Å². The number of carbonyl (C=O) groups excluding carboxylic acids is 1. The van der Waals surface area contributed by atoms with Crippen molar-refractivity contribution in [2.45, 2.75) is 19.9 Å². The van der Waals surface area contributed by atoms with Crippen LogP contribution in [-0.2, 0) is 11.8 Å². The third-order valence-corrected chi connectivity index (χ3v) is 3.92. The maximum absolute atomic E-state index is 12.6. The SMILES string of the molecule is CCNC(=O)C(C)n1c2ccccc2c2cnn(C)c(=O)c21.